The summed E-state index contributed by atoms with van der Waals surface area (Å²) in [6.07, 6.45) is -1.90. The summed E-state index contributed by atoms with van der Waals surface area (Å²) in [6, 6.07) is 4.64. The summed E-state index contributed by atoms with van der Waals surface area (Å²) in [5.74, 6) is 0.658. The van der Waals surface area contributed by atoms with E-state index >= 15 is 0 Å². The molecule has 0 radical (unpaired) electrons. The zero-order chi connectivity index (χ0) is 14.0. The fourth-order valence-corrected chi connectivity index (χ4v) is 2.66. The van der Waals surface area contributed by atoms with Crippen LogP contribution >= 0.6 is 15.9 Å². The van der Waals surface area contributed by atoms with Gasteiger partial charge in [0.15, 0.2) is 0 Å². The topological polar surface area (TPSA) is 3.24 Å². The van der Waals surface area contributed by atoms with E-state index in [2.05, 4.69) is 15.9 Å². The van der Waals surface area contributed by atoms with Crippen LogP contribution in [0.25, 0.3) is 0 Å². The average Bonchev–Trinajstić information content (AvgIpc) is 3.18. The summed E-state index contributed by atoms with van der Waals surface area (Å²) in [5, 5.41) is 0.219. The molecule has 106 valence electrons. The molecule has 1 aliphatic carbocycles. The highest BCUT2D eigenvalue weighted by atomic mass is 79.9. The highest BCUT2D eigenvalue weighted by Gasteiger charge is 2.34. The van der Waals surface area contributed by atoms with Gasteiger partial charge in [0, 0.05) is 24.1 Å². The number of anilines is 1. The Hall–Kier alpha value is -0.710. The van der Waals surface area contributed by atoms with Gasteiger partial charge >= 0.3 is 6.18 Å². The Morgan fingerprint density at radius 1 is 1.32 bits per heavy atom. The number of nitrogens with zero attached hydrogens (tertiary/aromatic N) is 1. The van der Waals surface area contributed by atoms with Crippen molar-refractivity contribution in [2.24, 2.45) is 5.92 Å². The summed E-state index contributed by atoms with van der Waals surface area (Å²) in [7, 11) is 0. The van der Waals surface area contributed by atoms with Crippen LogP contribution in [0.15, 0.2) is 18.2 Å². The SMILES string of the molecule is CCN(CC1CC1)c1ccc(CBr)c(C(F)(F)F)c1. The minimum Gasteiger partial charge on any atom is -0.372 e. The molecule has 2 rings (SSSR count). The Labute approximate surface area is 119 Å². The van der Waals surface area contributed by atoms with Gasteiger partial charge in [0.2, 0.25) is 0 Å². The lowest BCUT2D eigenvalue weighted by Crippen LogP contribution is -2.25. The maximum absolute atomic E-state index is 13.0. The summed E-state index contributed by atoms with van der Waals surface area (Å²) in [6.45, 7) is 3.58. The van der Waals surface area contributed by atoms with Crippen LogP contribution in [0.1, 0.15) is 30.9 Å². The number of halogens is 4. The maximum Gasteiger partial charge on any atom is 0.416 e. The van der Waals surface area contributed by atoms with E-state index in [1.54, 1.807) is 12.1 Å². The molecular formula is C14H17BrF3N. The molecule has 19 heavy (non-hydrogen) atoms. The Bertz CT molecular complexity index is 441. The van der Waals surface area contributed by atoms with Gasteiger partial charge in [-0.25, -0.2) is 0 Å². The molecule has 1 aromatic rings. The molecule has 0 saturated heterocycles. The van der Waals surface area contributed by atoms with E-state index in [0.717, 1.165) is 13.1 Å². The number of benzene rings is 1. The van der Waals surface area contributed by atoms with Gasteiger partial charge in [-0.2, -0.15) is 13.2 Å². The molecule has 1 saturated carbocycles. The fourth-order valence-electron chi connectivity index (χ4n) is 2.17. The van der Waals surface area contributed by atoms with Gasteiger partial charge in [-0.1, -0.05) is 22.0 Å². The van der Waals surface area contributed by atoms with Crippen molar-refractivity contribution in [1.29, 1.82) is 0 Å². The highest BCUT2D eigenvalue weighted by Crippen LogP contribution is 2.37. The molecule has 0 N–H and O–H groups in total. The molecule has 0 heterocycles. The highest BCUT2D eigenvalue weighted by molar-refractivity contribution is 9.08. The fraction of sp³-hybridized carbons (Fsp3) is 0.571. The molecular weight excluding hydrogens is 319 g/mol. The standard InChI is InChI=1S/C14H17BrF3N/c1-2-19(9-10-3-4-10)12-6-5-11(8-15)13(7-12)14(16,17)18/h5-7,10H,2-4,8-9H2,1H3. The van der Waals surface area contributed by atoms with Crippen molar-refractivity contribution in [3.8, 4) is 0 Å². The monoisotopic (exact) mass is 335 g/mol. The quantitative estimate of drug-likeness (QED) is 0.696. The van der Waals surface area contributed by atoms with Crippen molar-refractivity contribution in [3.63, 3.8) is 0 Å². The van der Waals surface area contributed by atoms with E-state index < -0.39 is 11.7 Å². The second-order valence-corrected chi connectivity index (χ2v) is 5.52. The van der Waals surface area contributed by atoms with E-state index in [4.69, 9.17) is 0 Å². The molecule has 1 nitrogen and oxygen atoms in total. The van der Waals surface area contributed by atoms with Crippen molar-refractivity contribution in [2.75, 3.05) is 18.0 Å². The maximum atomic E-state index is 13.0. The van der Waals surface area contributed by atoms with Crippen molar-refractivity contribution in [1.82, 2.24) is 0 Å². The minimum absolute atomic E-state index is 0.219. The molecule has 0 amide bonds. The molecule has 1 fully saturated rings. The smallest absolute Gasteiger partial charge is 0.372 e. The van der Waals surface area contributed by atoms with Gasteiger partial charge in [-0.3, -0.25) is 0 Å². The van der Waals surface area contributed by atoms with E-state index in [1.807, 2.05) is 11.8 Å². The zero-order valence-electron chi connectivity index (χ0n) is 10.8. The number of hydrogen-bond donors (Lipinski definition) is 0. The summed E-state index contributed by atoms with van der Waals surface area (Å²) in [5.41, 5.74) is 0.432. The van der Waals surface area contributed by atoms with Gasteiger partial charge in [-0.15, -0.1) is 0 Å². The van der Waals surface area contributed by atoms with Crippen molar-refractivity contribution < 1.29 is 13.2 Å². The Balaban J connectivity index is 2.29. The third-order valence-corrected chi connectivity index (χ3v) is 4.07. The third-order valence-electron chi connectivity index (χ3n) is 3.47. The van der Waals surface area contributed by atoms with Crippen LogP contribution in [-0.2, 0) is 11.5 Å². The molecule has 0 aliphatic heterocycles. The van der Waals surface area contributed by atoms with Crippen LogP contribution < -0.4 is 4.90 Å². The predicted octanol–water partition coefficient (Wildman–Crippen LogP) is 4.84. The first-order valence-corrected chi connectivity index (χ1v) is 7.59. The molecule has 0 aromatic heterocycles. The van der Waals surface area contributed by atoms with E-state index in [1.165, 1.54) is 18.9 Å². The lowest BCUT2D eigenvalue weighted by Gasteiger charge is -2.24. The van der Waals surface area contributed by atoms with Crippen LogP contribution in [0.3, 0.4) is 0 Å². The van der Waals surface area contributed by atoms with Crippen LogP contribution in [0.4, 0.5) is 18.9 Å². The van der Waals surface area contributed by atoms with E-state index in [-0.39, 0.29) is 5.33 Å². The van der Waals surface area contributed by atoms with Crippen LogP contribution in [0.2, 0.25) is 0 Å². The lowest BCUT2D eigenvalue weighted by atomic mass is 10.1. The number of hydrogen-bond acceptors (Lipinski definition) is 1. The van der Waals surface area contributed by atoms with Crippen molar-refractivity contribution in [2.45, 2.75) is 31.3 Å². The van der Waals surface area contributed by atoms with Crippen molar-refractivity contribution in [3.05, 3.63) is 29.3 Å². The minimum atomic E-state index is -4.29. The first-order valence-electron chi connectivity index (χ1n) is 6.46. The van der Waals surface area contributed by atoms with Gasteiger partial charge in [0.25, 0.3) is 0 Å². The zero-order valence-corrected chi connectivity index (χ0v) is 12.4. The lowest BCUT2D eigenvalue weighted by molar-refractivity contribution is -0.138. The molecule has 5 heteroatoms. The van der Waals surface area contributed by atoms with Crippen LogP contribution in [0.5, 0.6) is 0 Å². The van der Waals surface area contributed by atoms with E-state index in [0.29, 0.717) is 17.2 Å². The summed E-state index contributed by atoms with van der Waals surface area (Å²) in [4.78, 5) is 2.03. The van der Waals surface area contributed by atoms with Gasteiger partial charge < -0.3 is 4.90 Å². The van der Waals surface area contributed by atoms with Gasteiger partial charge in [0.1, 0.15) is 0 Å². The molecule has 1 aliphatic rings. The normalized spacial score (nSPS) is 15.6. The second kappa shape index (κ2) is 5.73. The largest absolute Gasteiger partial charge is 0.416 e. The molecule has 0 bridgehead atoms. The Morgan fingerprint density at radius 3 is 2.47 bits per heavy atom. The summed E-state index contributed by atoms with van der Waals surface area (Å²) >= 11 is 3.12. The van der Waals surface area contributed by atoms with Gasteiger partial charge in [-0.05, 0) is 43.4 Å². The van der Waals surface area contributed by atoms with E-state index in [9.17, 15) is 13.2 Å². The number of rotatable bonds is 5. The molecule has 0 atom stereocenters. The van der Waals surface area contributed by atoms with Crippen LogP contribution in [-0.4, -0.2) is 13.1 Å². The first kappa shape index (κ1) is 14.7. The average molecular weight is 336 g/mol. The van der Waals surface area contributed by atoms with Gasteiger partial charge in [0.05, 0.1) is 5.56 Å². The summed E-state index contributed by atoms with van der Waals surface area (Å²) < 4.78 is 39.1. The molecule has 0 unspecified atom stereocenters. The third kappa shape index (κ3) is 3.65. The predicted molar refractivity (Wildman–Crippen MR) is 74.7 cm³/mol. The van der Waals surface area contributed by atoms with Crippen molar-refractivity contribution >= 4 is 21.6 Å². The second-order valence-electron chi connectivity index (χ2n) is 4.95. The Kier molecular flexibility index (Phi) is 4.43. The molecule has 1 aromatic carbocycles. The first-order chi connectivity index (χ1) is 8.95. The molecule has 0 spiro atoms. The number of alkyl halides is 4. The Morgan fingerprint density at radius 2 is 2.00 bits per heavy atom. The van der Waals surface area contributed by atoms with Crippen LogP contribution in [0, 0.1) is 5.92 Å².